The fourth-order valence-corrected chi connectivity index (χ4v) is 1.98. The Bertz CT molecular complexity index is 740. The van der Waals surface area contributed by atoms with Gasteiger partial charge in [0.25, 0.3) is 0 Å². The first-order valence-electron chi connectivity index (χ1n) is 6.05. The lowest BCUT2D eigenvalue weighted by atomic mass is 10.2. The molecule has 3 rings (SSSR count). The van der Waals surface area contributed by atoms with Crippen LogP contribution in [0.1, 0.15) is 0 Å². The second kappa shape index (κ2) is 5.30. The zero-order valence-corrected chi connectivity index (χ0v) is 10.8. The number of fused-ring (bicyclic) bond motifs is 1. The van der Waals surface area contributed by atoms with E-state index in [1.807, 2.05) is 18.2 Å². The molecule has 0 aliphatic heterocycles. The molecule has 20 heavy (non-hydrogen) atoms. The highest BCUT2D eigenvalue weighted by Crippen LogP contribution is 2.24. The minimum atomic E-state index is -0.435. The number of hydrogen-bond donors (Lipinski definition) is 0. The van der Waals surface area contributed by atoms with E-state index < -0.39 is 5.82 Å². The van der Waals surface area contributed by atoms with Gasteiger partial charge in [0.15, 0.2) is 18.4 Å². The van der Waals surface area contributed by atoms with Crippen LogP contribution in [-0.4, -0.2) is 23.7 Å². The van der Waals surface area contributed by atoms with Crippen LogP contribution in [0.2, 0.25) is 0 Å². The molecular formula is C15H12FN2O2. The van der Waals surface area contributed by atoms with Crippen molar-refractivity contribution < 1.29 is 13.9 Å². The summed E-state index contributed by atoms with van der Waals surface area (Å²) in [6.07, 6.45) is 1.74. The summed E-state index contributed by atoms with van der Waals surface area (Å²) in [4.78, 5) is 0. The predicted molar refractivity (Wildman–Crippen MR) is 72.4 cm³/mol. The van der Waals surface area contributed by atoms with Crippen LogP contribution < -0.4 is 4.74 Å². The standard InChI is InChI=1S/C15H12FN2O2/c1-19-10-20-15-8-12(6-7-13(15)16)18-14-5-3-2-4-11(14)9-17-18/h3-9H,10H2,1H3. The van der Waals surface area contributed by atoms with Crippen LogP contribution in [0.3, 0.4) is 0 Å². The highest BCUT2D eigenvalue weighted by atomic mass is 19.1. The van der Waals surface area contributed by atoms with Crippen molar-refractivity contribution in [1.29, 1.82) is 0 Å². The van der Waals surface area contributed by atoms with E-state index in [9.17, 15) is 4.39 Å². The molecule has 5 heteroatoms. The first-order valence-corrected chi connectivity index (χ1v) is 6.05. The van der Waals surface area contributed by atoms with E-state index in [2.05, 4.69) is 11.2 Å². The summed E-state index contributed by atoms with van der Waals surface area (Å²) < 4.78 is 25.3. The summed E-state index contributed by atoms with van der Waals surface area (Å²) in [7, 11) is 1.49. The Labute approximate surface area is 115 Å². The van der Waals surface area contributed by atoms with Crippen LogP contribution in [0, 0.1) is 11.9 Å². The van der Waals surface area contributed by atoms with Gasteiger partial charge in [-0.25, -0.2) is 9.07 Å². The van der Waals surface area contributed by atoms with Crippen molar-refractivity contribution in [3.05, 3.63) is 54.5 Å². The minimum absolute atomic E-state index is 0.00477. The molecule has 0 saturated heterocycles. The Balaban J connectivity index is 2.05. The summed E-state index contributed by atoms with van der Waals surface area (Å²) in [5.41, 5.74) is 1.65. The summed E-state index contributed by atoms with van der Waals surface area (Å²) in [5, 5.41) is 5.27. The van der Waals surface area contributed by atoms with Gasteiger partial charge in [-0.3, -0.25) is 0 Å². The zero-order valence-electron chi connectivity index (χ0n) is 10.8. The van der Waals surface area contributed by atoms with Gasteiger partial charge in [-0.05, 0) is 30.3 Å². The smallest absolute Gasteiger partial charge is 0.188 e. The van der Waals surface area contributed by atoms with E-state index in [1.165, 1.54) is 13.2 Å². The molecule has 101 valence electrons. The Hall–Kier alpha value is -2.40. The van der Waals surface area contributed by atoms with Crippen LogP contribution in [0.15, 0.2) is 42.6 Å². The van der Waals surface area contributed by atoms with Gasteiger partial charge in [-0.15, -0.1) is 0 Å². The fourth-order valence-electron chi connectivity index (χ4n) is 1.98. The molecule has 1 radical (unpaired) electrons. The van der Waals surface area contributed by atoms with E-state index in [4.69, 9.17) is 9.47 Å². The maximum atomic E-state index is 13.6. The van der Waals surface area contributed by atoms with Crippen LogP contribution in [0.25, 0.3) is 16.6 Å². The largest absolute Gasteiger partial charge is 0.464 e. The molecule has 0 spiro atoms. The van der Waals surface area contributed by atoms with Crippen molar-refractivity contribution in [3.63, 3.8) is 0 Å². The van der Waals surface area contributed by atoms with Gasteiger partial charge in [0.2, 0.25) is 0 Å². The first kappa shape index (κ1) is 12.6. The van der Waals surface area contributed by atoms with Gasteiger partial charge >= 0.3 is 0 Å². The molecule has 0 aliphatic rings. The number of benzene rings is 2. The van der Waals surface area contributed by atoms with Crippen molar-refractivity contribution in [2.45, 2.75) is 0 Å². The number of ether oxygens (including phenoxy) is 2. The summed E-state index contributed by atoms with van der Waals surface area (Å²) in [6, 6.07) is 13.2. The maximum Gasteiger partial charge on any atom is 0.188 e. The number of rotatable bonds is 4. The molecule has 0 unspecified atom stereocenters. The first-order chi connectivity index (χ1) is 9.79. The molecule has 3 aromatic rings. The fraction of sp³-hybridized carbons (Fsp3) is 0.133. The molecule has 0 atom stereocenters. The number of hydrogen-bond acceptors (Lipinski definition) is 3. The van der Waals surface area contributed by atoms with Gasteiger partial charge in [0.1, 0.15) is 0 Å². The number of halogens is 1. The third kappa shape index (κ3) is 2.23. The molecule has 0 saturated carbocycles. The topological polar surface area (TPSA) is 36.3 Å². The van der Waals surface area contributed by atoms with Gasteiger partial charge in [-0.2, -0.15) is 5.10 Å². The highest BCUT2D eigenvalue weighted by molar-refractivity contribution is 5.79. The van der Waals surface area contributed by atoms with Crippen LogP contribution in [0.4, 0.5) is 4.39 Å². The average Bonchev–Trinajstić information content (AvgIpc) is 2.90. The third-order valence-electron chi connectivity index (χ3n) is 2.90. The third-order valence-corrected chi connectivity index (χ3v) is 2.90. The monoisotopic (exact) mass is 271 g/mol. The van der Waals surface area contributed by atoms with Crippen LogP contribution in [-0.2, 0) is 4.74 Å². The van der Waals surface area contributed by atoms with E-state index in [0.717, 1.165) is 16.6 Å². The second-order valence-corrected chi connectivity index (χ2v) is 4.21. The molecular weight excluding hydrogens is 259 g/mol. The number of nitrogens with zero attached hydrogens (tertiary/aromatic N) is 2. The van der Waals surface area contributed by atoms with Crippen molar-refractivity contribution in [2.24, 2.45) is 0 Å². The lowest BCUT2D eigenvalue weighted by Crippen LogP contribution is -2.03. The van der Waals surface area contributed by atoms with Crippen molar-refractivity contribution >= 4 is 10.9 Å². The summed E-state index contributed by atoms with van der Waals surface area (Å²) in [6.45, 7) is -0.00477. The highest BCUT2D eigenvalue weighted by Gasteiger charge is 2.09. The quantitative estimate of drug-likeness (QED) is 0.684. The van der Waals surface area contributed by atoms with Gasteiger partial charge in [0, 0.05) is 18.6 Å². The molecule has 0 amide bonds. The van der Waals surface area contributed by atoms with Gasteiger partial charge < -0.3 is 9.47 Å². The molecule has 0 bridgehead atoms. The molecule has 1 heterocycles. The van der Waals surface area contributed by atoms with E-state index >= 15 is 0 Å². The van der Waals surface area contributed by atoms with E-state index in [1.54, 1.807) is 23.0 Å². The van der Waals surface area contributed by atoms with Gasteiger partial charge in [-0.1, -0.05) is 6.07 Å². The van der Waals surface area contributed by atoms with Crippen molar-refractivity contribution in [3.8, 4) is 11.4 Å². The zero-order chi connectivity index (χ0) is 13.9. The Morgan fingerprint density at radius 3 is 3.10 bits per heavy atom. The lowest BCUT2D eigenvalue weighted by Gasteiger charge is -2.09. The minimum Gasteiger partial charge on any atom is -0.464 e. The van der Waals surface area contributed by atoms with Crippen LogP contribution >= 0.6 is 0 Å². The van der Waals surface area contributed by atoms with E-state index in [0.29, 0.717) is 0 Å². The normalized spacial score (nSPS) is 10.9. The molecule has 2 aromatic carbocycles. The van der Waals surface area contributed by atoms with Crippen molar-refractivity contribution in [1.82, 2.24) is 9.78 Å². The van der Waals surface area contributed by atoms with Gasteiger partial charge in [0.05, 0.1) is 17.4 Å². The number of methoxy groups -OCH3 is 1. The number of aromatic nitrogens is 2. The second-order valence-electron chi connectivity index (χ2n) is 4.21. The molecule has 0 fully saturated rings. The predicted octanol–water partition coefficient (Wildman–Crippen LogP) is 2.95. The Morgan fingerprint density at radius 2 is 2.25 bits per heavy atom. The summed E-state index contributed by atoms with van der Waals surface area (Å²) in [5.74, 6) is -0.300. The summed E-state index contributed by atoms with van der Waals surface area (Å²) >= 11 is 0. The molecule has 1 aromatic heterocycles. The lowest BCUT2D eigenvalue weighted by molar-refractivity contribution is 0.0483. The maximum absolute atomic E-state index is 13.6. The Morgan fingerprint density at radius 1 is 1.35 bits per heavy atom. The van der Waals surface area contributed by atoms with Crippen molar-refractivity contribution in [2.75, 3.05) is 13.9 Å². The Kier molecular flexibility index (Phi) is 3.35. The molecule has 4 nitrogen and oxygen atoms in total. The average molecular weight is 271 g/mol. The van der Waals surface area contributed by atoms with Crippen LogP contribution in [0.5, 0.6) is 5.75 Å². The van der Waals surface area contributed by atoms with E-state index in [-0.39, 0.29) is 12.5 Å². The molecule has 0 N–H and O–H groups in total. The SMILES string of the molecule is COCOc1cc(-n2ncc3c[c]ccc32)ccc1F. The molecule has 0 aliphatic carbocycles.